The second-order valence-corrected chi connectivity index (χ2v) is 8.44. The summed E-state index contributed by atoms with van der Waals surface area (Å²) in [5, 5.41) is 0. The zero-order chi connectivity index (χ0) is 19.6. The molecule has 2 fully saturated rings. The Balaban J connectivity index is 1.41. The third kappa shape index (κ3) is 6.65. The Morgan fingerprint density at radius 3 is 1.57 bits per heavy atom. The van der Waals surface area contributed by atoms with Gasteiger partial charge in [0.05, 0.1) is 24.3 Å². The van der Waals surface area contributed by atoms with Crippen molar-refractivity contribution in [3.63, 3.8) is 0 Å². The standard InChI is InChI=1S/C24H34O4/c25-23(27-16-14-19-8-3-1-4-9-19)21-12-7-13-22(18-21)24(26)28-17-15-20-10-5-2-6-11-20/h7,12-13,18-20H,1-6,8-11,14-17H2. The lowest BCUT2D eigenvalue weighted by atomic mass is 9.87. The molecule has 1 aromatic carbocycles. The number of carbonyl (C=O) groups is 2. The molecule has 28 heavy (non-hydrogen) atoms. The van der Waals surface area contributed by atoms with E-state index in [0.29, 0.717) is 36.2 Å². The number of hydrogen-bond donors (Lipinski definition) is 0. The highest BCUT2D eigenvalue weighted by Crippen LogP contribution is 2.27. The van der Waals surface area contributed by atoms with Gasteiger partial charge < -0.3 is 9.47 Å². The fourth-order valence-electron chi connectivity index (χ4n) is 4.53. The summed E-state index contributed by atoms with van der Waals surface area (Å²) in [7, 11) is 0. The SMILES string of the molecule is O=C(OCCC1CCCCC1)c1cccc(C(=O)OCCC2CCCCC2)c1. The van der Waals surface area contributed by atoms with Crippen LogP contribution < -0.4 is 0 Å². The molecule has 0 N–H and O–H groups in total. The lowest BCUT2D eigenvalue weighted by Gasteiger charge is -2.21. The van der Waals surface area contributed by atoms with E-state index >= 15 is 0 Å². The van der Waals surface area contributed by atoms with Crippen LogP contribution in [0.25, 0.3) is 0 Å². The van der Waals surface area contributed by atoms with Gasteiger partial charge in [0.25, 0.3) is 0 Å². The van der Waals surface area contributed by atoms with E-state index in [1.165, 1.54) is 64.2 Å². The molecule has 0 atom stereocenters. The first-order chi connectivity index (χ1) is 13.7. The van der Waals surface area contributed by atoms with E-state index in [1.54, 1.807) is 24.3 Å². The Kier molecular flexibility index (Phi) is 8.38. The van der Waals surface area contributed by atoms with Gasteiger partial charge in [-0.3, -0.25) is 0 Å². The molecule has 0 radical (unpaired) electrons. The number of benzene rings is 1. The molecule has 0 aliphatic heterocycles. The van der Waals surface area contributed by atoms with Crippen molar-refractivity contribution in [3.05, 3.63) is 35.4 Å². The lowest BCUT2D eigenvalue weighted by molar-refractivity contribution is 0.0473. The second-order valence-electron chi connectivity index (χ2n) is 8.44. The molecule has 0 amide bonds. The van der Waals surface area contributed by atoms with Gasteiger partial charge in [-0.25, -0.2) is 9.59 Å². The molecule has 4 heteroatoms. The van der Waals surface area contributed by atoms with E-state index in [1.807, 2.05) is 0 Å². The minimum atomic E-state index is -0.354. The van der Waals surface area contributed by atoms with Crippen LogP contribution in [0, 0.1) is 11.8 Å². The lowest BCUT2D eigenvalue weighted by Crippen LogP contribution is -2.14. The first-order valence-corrected chi connectivity index (χ1v) is 11.2. The Hall–Kier alpha value is -1.84. The van der Waals surface area contributed by atoms with Gasteiger partial charge in [0.1, 0.15) is 0 Å². The fraction of sp³-hybridized carbons (Fsp3) is 0.667. The van der Waals surface area contributed by atoms with Gasteiger partial charge in [-0.15, -0.1) is 0 Å². The molecular formula is C24H34O4. The first kappa shape index (κ1) is 20.9. The van der Waals surface area contributed by atoms with Crippen LogP contribution in [0.5, 0.6) is 0 Å². The summed E-state index contributed by atoms with van der Waals surface area (Å²) < 4.78 is 10.9. The summed E-state index contributed by atoms with van der Waals surface area (Å²) in [6.45, 7) is 0.916. The van der Waals surface area contributed by atoms with Crippen molar-refractivity contribution in [2.75, 3.05) is 13.2 Å². The van der Waals surface area contributed by atoms with Gasteiger partial charge in [0, 0.05) is 0 Å². The quantitative estimate of drug-likeness (QED) is 0.519. The summed E-state index contributed by atoms with van der Waals surface area (Å²) >= 11 is 0. The molecule has 0 bridgehead atoms. The number of rotatable bonds is 8. The van der Waals surface area contributed by atoms with E-state index in [-0.39, 0.29) is 11.9 Å². The van der Waals surface area contributed by atoms with Crippen LogP contribution in [-0.4, -0.2) is 25.2 Å². The van der Waals surface area contributed by atoms with Gasteiger partial charge in [0.15, 0.2) is 0 Å². The molecule has 0 spiro atoms. The highest BCUT2D eigenvalue weighted by atomic mass is 16.5. The van der Waals surface area contributed by atoms with E-state index in [0.717, 1.165) is 12.8 Å². The average molecular weight is 387 g/mol. The van der Waals surface area contributed by atoms with Crippen LogP contribution in [0.1, 0.15) is 97.8 Å². The van der Waals surface area contributed by atoms with Gasteiger partial charge in [-0.2, -0.15) is 0 Å². The number of hydrogen-bond acceptors (Lipinski definition) is 4. The number of ether oxygens (including phenoxy) is 2. The molecule has 154 valence electrons. The normalized spacial score (nSPS) is 18.6. The average Bonchev–Trinajstić information content (AvgIpc) is 2.75. The predicted molar refractivity (Wildman–Crippen MR) is 109 cm³/mol. The van der Waals surface area contributed by atoms with Crippen LogP contribution in [-0.2, 0) is 9.47 Å². The Morgan fingerprint density at radius 2 is 1.14 bits per heavy atom. The Morgan fingerprint density at radius 1 is 0.714 bits per heavy atom. The minimum Gasteiger partial charge on any atom is -0.462 e. The molecular weight excluding hydrogens is 352 g/mol. The van der Waals surface area contributed by atoms with Gasteiger partial charge in [-0.05, 0) is 42.9 Å². The predicted octanol–water partition coefficient (Wildman–Crippen LogP) is 5.94. The van der Waals surface area contributed by atoms with Crippen LogP contribution in [0.15, 0.2) is 24.3 Å². The van der Waals surface area contributed by atoms with Gasteiger partial charge in [0.2, 0.25) is 0 Å². The summed E-state index contributed by atoms with van der Waals surface area (Å²) in [5.74, 6) is 0.666. The number of carbonyl (C=O) groups excluding carboxylic acids is 2. The molecule has 4 nitrogen and oxygen atoms in total. The zero-order valence-corrected chi connectivity index (χ0v) is 17.0. The second kappa shape index (κ2) is 11.2. The van der Waals surface area contributed by atoms with Crippen molar-refractivity contribution in [3.8, 4) is 0 Å². The molecule has 0 unspecified atom stereocenters. The van der Waals surface area contributed by atoms with Crippen molar-refractivity contribution >= 4 is 11.9 Å². The molecule has 2 saturated carbocycles. The van der Waals surface area contributed by atoms with E-state index < -0.39 is 0 Å². The fourth-order valence-corrected chi connectivity index (χ4v) is 4.53. The highest BCUT2D eigenvalue weighted by Gasteiger charge is 2.17. The van der Waals surface area contributed by atoms with E-state index in [9.17, 15) is 9.59 Å². The molecule has 0 heterocycles. The summed E-state index contributed by atoms with van der Waals surface area (Å²) in [4.78, 5) is 24.6. The molecule has 0 saturated heterocycles. The van der Waals surface area contributed by atoms with E-state index in [2.05, 4.69) is 0 Å². The summed E-state index contributed by atoms with van der Waals surface area (Å²) in [5.41, 5.74) is 0.843. The van der Waals surface area contributed by atoms with Gasteiger partial charge >= 0.3 is 11.9 Å². The smallest absolute Gasteiger partial charge is 0.338 e. The van der Waals surface area contributed by atoms with E-state index in [4.69, 9.17) is 9.47 Å². The van der Waals surface area contributed by atoms with Crippen molar-refractivity contribution in [2.24, 2.45) is 11.8 Å². The van der Waals surface area contributed by atoms with Crippen molar-refractivity contribution in [2.45, 2.75) is 77.0 Å². The molecule has 2 aliphatic rings. The first-order valence-electron chi connectivity index (χ1n) is 11.2. The van der Waals surface area contributed by atoms with Crippen molar-refractivity contribution < 1.29 is 19.1 Å². The maximum absolute atomic E-state index is 12.3. The van der Waals surface area contributed by atoms with Crippen molar-refractivity contribution in [1.82, 2.24) is 0 Å². The summed E-state index contributed by atoms with van der Waals surface area (Å²) in [6, 6.07) is 6.70. The maximum atomic E-state index is 12.3. The third-order valence-corrected chi connectivity index (χ3v) is 6.30. The molecule has 3 rings (SSSR count). The van der Waals surface area contributed by atoms with Crippen LogP contribution in [0.2, 0.25) is 0 Å². The monoisotopic (exact) mass is 386 g/mol. The number of esters is 2. The van der Waals surface area contributed by atoms with Gasteiger partial charge in [-0.1, -0.05) is 70.3 Å². The van der Waals surface area contributed by atoms with Crippen LogP contribution >= 0.6 is 0 Å². The minimum absolute atomic E-state index is 0.354. The highest BCUT2D eigenvalue weighted by molar-refractivity contribution is 5.95. The van der Waals surface area contributed by atoms with Crippen LogP contribution in [0.3, 0.4) is 0 Å². The zero-order valence-electron chi connectivity index (χ0n) is 17.0. The Labute approximate surface area is 169 Å². The maximum Gasteiger partial charge on any atom is 0.338 e. The molecule has 0 aromatic heterocycles. The van der Waals surface area contributed by atoms with Crippen molar-refractivity contribution in [1.29, 1.82) is 0 Å². The summed E-state index contributed by atoms with van der Waals surface area (Å²) in [6.07, 6.45) is 14.7. The topological polar surface area (TPSA) is 52.6 Å². The molecule has 1 aromatic rings. The molecule has 2 aliphatic carbocycles. The Bertz CT molecular complexity index is 576. The third-order valence-electron chi connectivity index (χ3n) is 6.30. The largest absolute Gasteiger partial charge is 0.462 e. The van der Waals surface area contributed by atoms with Crippen LogP contribution in [0.4, 0.5) is 0 Å².